The fraction of sp³-hybridized carbons (Fsp3) is 0.273. The summed E-state index contributed by atoms with van der Waals surface area (Å²) in [7, 11) is 0. The number of rotatable bonds is 8. The molecule has 6 heteroatoms. The van der Waals surface area contributed by atoms with Gasteiger partial charge in [0.2, 0.25) is 5.52 Å². The first-order valence-electron chi connectivity index (χ1n) is 13.6. The average molecular weight is 554 g/mol. The van der Waals surface area contributed by atoms with E-state index in [0.29, 0.717) is 18.5 Å². The predicted molar refractivity (Wildman–Crippen MR) is 164 cm³/mol. The first-order valence-corrected chi connectivity index (χ1v) is 15.6. The molecule has 4 aromatic rings. The standard InChI is InChI=1S/C33H32N2O2S2/c1-22(20-32-34(19-18-33(36)37)30-7-3-4-9-31(30)39-32)10-11-23-12-17-29-27(21-23)26-6-5-8-28(26)35(29)24-13-15-25(38-2)16-14-24/h3-4,7,9-17,20-21,26,28H,5-6,8,18-19H2,1-2H3/p+1. The highest BCUT2D eigenvalue weighted by atomic mass is 32.2. The number of benzene rings is 3. The zero-order valence-electron chi connectivity index (χ0n) is 22.3. The minimum atomic E-state index is -0.777. The van der Waals surface area contributed by atoms with Gasteiger partial charge < -0.3 is 10.0 Å². The number of anilines is 2. The van der Waals surface area contributed by atoms with Crippen LogP contribution in [0.2, 0.25) is 0 Å². The average Bonchev–Trinajstić information content (AvgIpc) is 3.63. The largest absolute Gasteiger partial charge is 0.481 e. The molecule has 4 nitrogen and oxygen atoms in total. The van der Waals surface area contributed by atoms with Crippen molar-refractivity contribution in [2.75, 3.05) is 11.2 Å². The summed E-state index contributed by atoms with van der Waals surface area (Å²) in [5, 5.41) is 10.3. The van der Waals surface area contributed by atoms with Crippen molar-refractivity contribution in [1.29, 1.82) is 0 Å². The van der Waals surface area contributed by atoms with E-state index in [9.17, 15) is 9.90 Å². The van der Waals surface area contributed by atoms with Crippen molar-refractivity contribution in [3.05, 3.63) is 94.5 Å². The molecule has 2 atom stereocenters. The number of aliphatic carboxylic acids is 1. The smallest absolute Gasteiger partial charge is 0.309 e. The lowest BCUT2D eigenvalue weighted by Crippen LogP contribution is -2.36. The Morgan fingerprint density at radius 1 is 1.13 bits per heavy atom. The lowest BCUT2D eigenvalue weighted by Gasteiger charge is -2.27. The molecule has 1 aromatic heterocycles. The van der Waals surface area contributed by atoms with Crippen LogP contribution in [0.5, 0.6) is 0 Å². The number of hydrogen-bond acceptors (Lipinski definition) is 4. The summed E-state index contributed by atoms with van der Waals surface area (Å²) in [6.07, 6.45) is 12.6. The van der Waals surface area contributed by atoms with E-state index in [1.165, 1.54) is 51.4 Å². The quantitative estimate of drug-likeness (QED) is 0.135. The molecule has 0 amide bonds. The summed E-state index contributed by atoms with van der Waals surface area (Å²) in [5.74, 6) is -0.182. The number of carboxylic acids is 1. The Kier molecular flexibility index (Phi) is 7.32. The molecule has 2 unspecified atom stereocenters. The Morgan fingerprint density at radius 3 is 2.74 bits per heavy atom. The van der Waals surface area contributed by atoms with Crippen LogP contribution in [0.1, 0.15) is 54.7 Å². The zero-order chi connectivity index (χ0) is 26.9. The lowest BCUT2D eigenvalue weighted by molar-refractivity contribution is -0.667. The molecule has 0 spiro atoms. The molecule has 1 fully saturated rings. The second kappa shape index (κ2) is 11.0. The van der Waals surface area contributed by atoms with Crippen LogP contribution in [0.25, 0.3) is 22.4 Å². The Bertz CT molecular complexity index is 1590. The summed E-state index contributed by atoms with van der Waals surface area (Å²) in [5.41, 5.74) is 7.58. The van der Waals surface area contributed by atoms with Crippen molar-refractivity contribution in [2.45, 2.75) is 56.0 Å². The van der Waals surface area contributed by atoms with Gasteiger partial charge in [-0.05, 0) is 85.2 Å². The van der Waals surface area contributed by atoms with E-state index in [4.69, 9.17) is 0 Å². The second-order valence-corrected chi connectivity index (χ2v) is 12.4. The number of carbonyl (C=O) groups is 1. The molecule has 0 saturated heterocycles. The van der Waals surface area contributed by atoms with Crippen molar-refractivity contribution in [2.24, 2.45) is 0 Å². The van der Waals surface area contributed by atoms with Gasteiger partial charge in [0.25, 0.3) is 5.01 Å². The van der Waals surface area contributed by atoms with E-state index in [0.717, 1.165) is 16.1 Å². The number of fused-ring (bicyclic) bond motifs is 4. The number of nitrogens with zero attached hydrogens (tertiary/aromatic N) is 2. The molecule has 198 valence electrons. The molecule has 1 aliphatic heterocycles. The number of aryl methyl sites for hydroxylation is 1. The maximum atomic E-state index is 11.3. The summed E-state index contributed by atoms with van der Waals surface area (Å²) in [6.45, 7) is 2.58. The van der Waals surface area contributed by atoms with E-state index in [-0.39, 0.29) is 6.42 Å². The van der Waals surface area contributed by atoms with Crippen LogP contribution >= 0.6 is 23.1 Å². The van der Waals surface area contributed by atoms with E-state index in [2.05, 4.69) is 95.5 Å². The number of allylic oxidation sites excluding steroid dienone is 2. The molecule has 1 aliphatic carbocycles. The molecule has 2 aliphatic rings. The van der Waals surface area contributed by atoms with Gasteiger partial charge in [-0.1, -0.05) is 48.1 Å². The first-order chi connectivity index (χ1) is 19.0. The monoisotopic (exact) mass is 553 g/mol. The van der Waals surface area contributed by atoms with Crippen LogP contribution in [0, 0.1) is 0 Å². The van der Waals surface area contributed by atoms with Gasteiger partial charge >= 0.3 is 5.97 Å². The third-order valence-corrected chi connectivity index (χ3v) is 9.80. The van der Waals surface area contributed by atoms with Gasteiger partial charge in [0.05, 0.1) is 0 Å². The van der Waals surface area contributed by atoms with Crippen LogP contribution < -0.4 is 9.47 Å². The van der Waals surface area contributed by atoms with Gasteiger partial charge in [0.15, 0.2) is 6.54 Å². The van der Waals surface area contributed by atoms with E-state index < -0.39 is 5.97 Å². The molecule has 1 saturated carbocycles. The van der Waals surface area contributed by atoms with Crippen LogP contribution in [-0.4, -0.2) is 23.4 Å². The molecule has 39 heavy (non-hydrogen) atoms. The SMILES string of the molecule is CSc1ccc(N2c3ccc(/C=C\C(C)=C\c4sc5ccccc5[n+]4CCC(=O)O)cc3C3CCCC32)cc1. The highest BCUT2D eigenvalue weighted by Crippen LogP contribution is 2.52. The third-order valence-electron chi connectivity index (χ3n) is 7.95. The fourth-order valence-corrected chi connectivity index (χ4v) is 7.73. The zero-order valence-corrected chi connectivity index (χ0v) is 24.0. The van der Waals surface area contributed by atoms with Gasteiger partial charge in [-0.15, -0.1) is 11.8 Å². The Hall–Kier alpha value is -3.35. The number of hydrogen-bond donors (Lipinski definition) is 1. The molecule has 3 aromatic carbocycles. The van der Waals surface area contributed by atoms with Crippen molar-refractivity contribution in [3.63, 3.8) is 0 Å². The molecule has 0 radical (unpaired) electrons. The lowest BCUT2D eigenvalue weighted by atomic mass is 9.96. The molecular formula is C33H33N2O2S2+. The fourth-order valence-electron chi connectivity index (χ4n) is 6.13. The van der Waals surface area contributed by atoms with E-state index >= 15 is 0 Å². The molecule has 6 rings (SSSR count). The predicted octanol–water partition coefficient (Wildman–Crippen LogP) is 8.29. The molecule has 1 N–H and O–H groups in total. The number of thiazole rings is 1. The van der Waals surface area contributed by atoms with Crippen molar-refractivity contribution in [1.82, 2.24) is 0 Å². The summed E-state index contributed by atoms with van der Waals surface area (Å²) in [4.78, 5) is 15.1. The Morgan fingerprint density at radius 2 is 1.95 bits per heavy atom. The highest BCUT2D eigenvalue weighted by Gasteiger charge is 2.42. The van der Waals surface area contributed by atoms with Gasteiger partial charge in [-0.3, -0.25) is 4.79 Å². The van der Waals surface area contributed by atoms with Gasteiger partial charge in [-0.2, -0.15) is 4.57 Å². The minimum Gasteiger partial charge on any atom is -0.481 e. The Balaban J connectivity index is 1.27. The van der Waals surface area contributed by atoms with Gasteiger partial charge in [-0.25, -0.2) is 0 Å². The van der Waals surface area contributed by atoms with Gasteiger partial charge in [0.1, 0.15) is 11.1 Å². The normalized spacial score (nSPS) is 18.7. The summed E-state index contributed by atoms with van der Waals surface area (Å²) in [6, 6.07) is 24.7. The first kappa shape index (κ1) is 25.9. The summed E-state index contributed by atoms with van der Waals surface area (Å²) >= 11 is 3.49. The van der Waals surface area contributed by atoms with Crippen LogP contribution in [-0.2, 0) is 11.3 Å². The van der Waals surface area contributed by atoms with Gasteiger partial charge in [0, 0.05) is 40.4 Å². The third kappa shape index (κ3) is 5.15. The number of thioether (sulfide) groups is 1. The van der Waals surface area contributed by atoms with Crippen molar-refractivity contribution < 1.29 is 14.5 Å². The number of carboxylic acid groups (broad SMARTS) is 1. The van der Waals surface area contributed by atoms with Crippen molar-refractivity contribution >= 4 is 62.8 Å². The number of para-hydroxylation sites is 1. The maximum absolute atomic E-state index is 11.3. The molecule has 2 heterocycles. The Labute approximate surface area is 238 Å². The van der Waals surface area contributed by atoms with E-state index in [1.807, 2.05) is 12.1 Å². The topological polar surface area (TPSA) is 44.4 Å². The summed E-state index contributed by atoms with van der Waals surface area (Å²) < 4.78 is 3.30. The van der Waals surface area contributed by atoms with Crippen LogP contribution in [0.4, 0.5) is 11.4 Å². The minimum absolute atomic E-state index is 0.108. The van der Waals surface area contributed by atoms with Crippen molar-refractivity contribution in [3.8, 4) is 0 Å². The number of aromatic nitrogens is 1. The highest BCUT2D eigenvalue weighted by molar-refractivity contribution is 7.98. The second-order valence-electron chi connectivity index (χ2n) is 10.4. The van der Waals surface area contributed by atoms with Crippen LogP contribution in [0.3, 0.4) is 0 Å². The molecular weight excluding hydrogens is 521 g/mol. The van der Waals surface area contributed by atoms with E-state index in [1.54, 1.807) is 23.1 Å². The van der Waals surface area contributed by atoms with Crippen LogP contribution in [0.15, 0.2) is 83.3 Å². The molecule has 0 bridgehead atoms. The maximum Gasteiger partial charge on any atom is 0.309 e.